The van der Waals surface area contributed by atoms with Gasteiger partial charge in [0.1, 0.15) is 0 Å². The SMILES string of the molecule is CCCc1nc(-c2ccc(OCC(=O)O)c(OCC)c2)no1. The number of aryl methyl sites for hydroxylation is 1. The van der Waals surface area contributed by atoms with Crippen molar-refractivity contribution in [2.24, 2.45) is 0 Å². The number of hydrogen-bond donors (Lipinski definition) is 1. The molecular weight excluding hydrogens is 288 g/mol. The molecule has 1 N–H and O–H groups in total. The van der Waals surface area contributed by atoms with Gasteiger partial charge in [0.2, 0.25) is 11.7 Å². The minimum absolute atomic E-state index is 0.366. The highest BCUT2D eigenvalue weighted by atomic mass is 16.5. The lowest BCUT2D eigenvalue weighted by Crippen LogP contribution is -2.10. The molecule has 2 rings (SSSR count). The second kappa shape index (κ2) is 7.44. The van der Waals surface area contributed by atoms with Crippen LogP contribution < -0.4 is 9.47 Å². The Morgan fingerprint density at radius 3 is 2.77 bits per heavy atom. The van der Waals surface area contributed by atoms with Gasteiger partial charge in [-0.15, -0.1) is 0 Å². The molecule has 0 amide bonds. The highest BCUT2D eigenvalue weighted by Gasteiger charge is 2.13. The summed E-state index contributed by atoms with van der Waals surface area (Å²) < 4.78 is 15.8. The van der Waals surface area contributed by atoms with Gasteiger partial charge in [-0.25, -0.2) is 4.79 Å². The average Bonchev–Trinajstić information content (AvgIpc) is 2.95. The predicted molar refractivity (Wildman–Crippen MR) is 78.0 cm³/mol. The fourth-order valence-corrected chi connectivity index (χ4v) is 1.86. The molecule has 0 fully saturated rings. The van der Waals surface area contributed by atoms with E-state index in [4.69, 9.17) is 19.1 Å². The number of aromatic nitrogens is 2. The summed E-state index contributed by atoms with van der Waals surface area (Å²) in [4.78, 5) is 14.9. The van der Waals surface area contributed by atoms with E-state index in [-0.39, 0.29) is 0 Å². The van der Waals surface area contributed by atoms with Crippen molar-refractivity contribution in [1.29, 1.82) is 0 Å². The Labute approximate surface area is 127 Å². The third-order valence-corrected chi connectivity index (χ3v) is 2.78. The first-order valence-corrected chi connectivity index (χ1v) is 7.08. The van der Waals surface area contributed by atoms with Crippen molar-refractivity contribution in [2.45, 2.75) is 26.7 Å². The lowest BCUT2D eigenvalue weighted by molar-refractivity contribution is -0.139. The van der Waals surface area contributed by atoms with Gasteiger partial charge in [0, 0.05) is 12.0 Å². The van der Waals surface area contributed by atoms with Crippen LogP contribution >= 0.6 is 0 Å². The van der Waals surface area contributed by atoms with Gasteiger partial charge in [-0.05, 0) is 31.5 Å². The molecule has 22 heavy (non-hydrogen) atoms. The van der Waals surface area contributed by atoms with Crippen LogP contribution in [-0.4, -0.2) is 34.4 Å². The average molecular weight is 306 g/mol. The van der Waals surface area contributed by atoms with Crippen LogP contribution in [0.25, 0.3) is 11.4 Å². The van der Waals surface area contributed by atoms with Crippen molar-refractivity contribution in [1.82, 2.24) is 10.1 Å². The molecule has 2 aromatic rings. The van der Waals surface area contributed by atoms with Gasteiger partial charge >= 0.3 is 5.97 Å². The van der Waals surface area contributed by atoms with Crippen LogP contribution in [0.5, 0.6) is 11.5 Å². The van der Waals surface area contributed by atoms with E-state index in [1.807, 2.05) is 13.8 Å². The summed E-state index contributed by atoms with van der Waals surface area (Å²) in [5.74, 6) is 0.818. The Balaban J connectivity index is 2.24. The molecule has 1 aromatic carbocycles. The Hall–Kier alpha value is -2.57. The first kappa shape index (κ1) is 15.8. The monoisotopic (exact) mass is 306 g/mol. The number of carboxylic acid groups (broad SMARTS) is 1. The molecule has 0 bridgehead atoms. The number of hydrogen-bond acceptors (Lipinski definition) is 6. The molecule has 1 heterocycles. The second-order valence-electron chi connectivity index (χ2n) is 4.54. The first-order valence-electron chi connectivity index (χ1n) is 7.08. The molecule has 7 nitrogen and oxygen atoms in total. The first-order chi connectivity index (χ1) is 10.6. The lowest BCUT2D eigenvalue weighted by Gasteiger charge is -2.11. The summed E-state index contributed by atoms with van der Waals surface area (Å²) in [7, 11) is 0. The van der Waals surface area contributed by atoms with Gasteiger partial charge in [-0.3, -0.25) is 0 Å². The van der Waals surface area contributed by atoms with E-state index in [1.165, 1.54) is 0 Å². The normalized spacial score (nSPS) is 10.5. The molecule has 0 aliphatic carbocycles. The quantitative estimate of drug-likeness (QED) is 0.800. The largest absolute Gasteiger partial charge is 0.490 e. The molecular formula is C15H18N2O5. The molecule has 0 saturated heterocycles. The van der Waals surface area contributed by atoms with Crippen molar-refractivity contribution in [3.63, 3.8) is 0 Å². The Morgan fingerprint density at radius 1 is 1.27 bits per heavy atom. The predicted octanol–water partition coefficient (Wildman–Crippen LogP) is 2.55. The van der Waals surface area contributed by atoms with E-state index >= 15 is 0 Å². The summed E-state index contributed by atoms with van der Waals surface area (Å²) in [6, 6.07) is 5.08. The van der Waals surface area contributed by atoms with Gasteiger partial charge in [0.15, 0.2) is 18.1 Å². The summed E-state index contributed by atoms with van der Waals surface area (Å²) in [6.45, 7) is 3.87. The summed E-state index contributed by atoms with van der Waals surface area (Å²) >= 11 is 0. The number of benzene rings is 1. The maximum Gasteiger partial charge on any atom is 0.341 e. The Kier molecular flexibility index (Phi) is 5.35. The zero-order valence-electron chi connectivity index (χ0n) is 12.5. The number of carbonyl (C=O) groups is 1. The molecule has 1 aromatic heterocycles. The third kappa shape index (κ3) is 3.97. The molecule has 0 atom stereocenters. The third-order valence-electron chi connectivity index (χ3n) is 2.78. The summed E-state index contributed by atoms with van der Waals surface area (Å²) in [5.41, 5.74) is 0.720. The molecule has 0 aliphatic heterocycles. The van der Waals surface area contributed by atoms with Crippen molar-refractivity contribution in [3.8, 4) is 22.9 Å². The van der Waals surface area contributed by atoms with E-state index < -0.39 is 12.6 Å². The van der Waals surface area contributed by atoms with Gasteiger partial charge < -0.3 is 19.1 Å². The van der Waals surface area contributed by atoms with Crippen LogP contribution in [-0.2, 0) is 11.2 Å². The zero-order chi connectivity index (χ0) is 15.9. The zero-order valence-corrected chi connectivity index (χ0v) is 12.5. The fourth-order valence-electron chi connectivity index (χ4n) is 1.86. The van der Waals surface area contributed by atoms with Gasteiger partial charge in [-0.1, -0.05) is 12.1 Å². The van der Waals surface area contributed by atoms with Gasteiger partial charge in [0.05, 0.1) is 6.61 Å². The van der Waals surface area contributed by atoms with Crippen LogP contribution in [0.1, 0.15) is 26.2 Å². The van der Waals surface area contributed by atoms with Crippen molar-refractivity contribution in [2.75, 3.05) is 13.2 Å². The van der Waals surface area contributed by atoms with Crippen molar-refractivity contribution in [3.05, 3.63) is 24.1 Å². The molecule has 0 aliphatic rings. The standard InChI is InChI=1S/C15H18N2O5/c1-3-5-13-16-15(17-22-13)10-6-7-11(21-9-14(18)19)12(8-10)20-4-2/h6-8H,3-5,9H2,1-2H3,(H,18,19). The topological polar surface area (TPSA) is 94.7 Å². The number of ether oxygens (including phenoxy) is 2. The van der Waals surface area contributed by atoms with Crippen LogP contribution in [0, 0.1) is 0 Å². The number of rotatable bonds is 8. The molecule has 0 radical (unpaired) electrons. The maximum atomic E-state index is 10.6. The van der Waals surface area contributed by atoms with Crippen molar-refractivity contribution >= 4 is 5.97 Å². The van der Waals surface area contributed by atoms with Crippen LogP contribution in [0.15, 0.2) is 22.7 Å². The number of nitrogens with zero attached hydrogens (tertiary/aromatic N) is 2. The number of aliphatic carboxylic acids is 1. The minimum Gasteiger partial charge on any atom is -0.490 e. The molecule has 7 heteroatoms. The van der Waals surface area contributed by atoms with E-state index in [0.29, 0.717) is 29.8 Å². The smallest absolute Gasteiger partial charge is 0.341 e. The van der Waals surface area contributed by atoms with E-state index in [9.17, 15) is 4.79 Å². The second-order valence-corrected chi connectivity index (χ2v) is 4.54. The van der Waals surface area contributed by atoms with Gasteiger partial charge in [-0.2, -0.15) is 4.98 Å². The van der Waals surface area contributed by atoms with E-state index in [0.717, 1.165) is 18.4 Å². The van der Waals surface area contributed by atoms with Crippen molar-refractivity contribution < 1.29 is 23.9 Å². The Bertz CT molecular complexity index is 639. The number of carboxylic acids is 1. The van der Waals surface area contributed by atoms with Crippen LogP contribution in [0.3, 0.4) is 0 Å². The summed E-state index contributed by atoms with van der Waals surface area (Å²) in [6.07, 6.45) is 1.65. The van der Waals surface area contributed by atoms with Crippen LogP contribution in [0.2, 0.25) is 0 Å². The van der Waals surface area contributed by atoms with Gasteiger partial charge in [0.25, 0.3) is 0 Å². The molecule has 0 spiro atoms. The highest BCUT2D eigenvalue weighted by molar-refractivity contribution is 5.69. The fraction of sp³-hybridized carbons (Fsp3) is 0.400. The molecule has 0 unspecified atom stereocenters. The lowest BCUT2D eigenvalue weighted by atomic mass is 10.2. The minimum atomic E-state index is -1.05. The Morgan fingerprint density at radius 2 is 2.09 bits per heavy atom. The maximum absolute atomic E-state index is 10.6. The molecule has 0 saturated carbocycles. The molecule has 118 valence electrons. The van der Waals surface area contributed by atoms with E-state index in [1.54, 1.807) is 18.2 Å². The van der Waals surface area contributed by atoms with E-state index in [2.05, 4.69) is 10.1 Å². The van der Waals surface area contributed by atoms with Crippen LogP contribution in [0.4, 0.5) is 0 Å². The highest BCUT2D eigenvalue weighted by Crippen LogP contribution is 2.32. The summed E-state index contributed by atoms with van der Waals surface area (Å²) in [5, 5.41) is 12.6.